The summed E-state index contributed by atoms with van der Waals surface area (Å²) >= 11 is 0. The van der Waals surface area contributed by atoms with Crippen LogP contribution >= 0.6 is 0 Å². The maximum atomic E-state index is 12.9. The number of rotatable bonds is 7. The Morgan fingerprint density at radius 1 is 1.11 bits per heavy atom. The van der Waals surface area contributed by atoms with Gasteiger partial charge in [-0.05, 0) is 42.3 Å². The van der Waals surface area contributed by atoms with E-state index in [2.05, 4.69) is 0 Å². The van der Waals surface area contributed by atoms with Crippen molar-refractivity contribution in [2.75, 3.05) is 20.5 Å². The number of benzene rings is 2. The van der Waals surface area contributed by atoms with Crippen molar-refractivity contribution in [1.82, 2.24) is 0 Å². The number of hydrogen-bond donors (Lipinski definition) is 0. The van der Waals surface area contributed by atoms with Crippen LogP contribution in [0.15, 0.2) is 48.0 Å². The number of carbonyl (C=O) groups excluding carboxylic acids is 2. The third-order valence-electron chi connectivity index (χ3n) is 3.93. The van der Waals surface area contributed by atoms with Crippen molar-refractivity contribution in [3.05, 3.63) is 59.2 Å². The summed E-state index contributed by atoms with van der Waals surface area (Å²) in [7, 11) is 1.24. The minimum Gasteiger partial charge on any atom is -0.494 e. The molecule has 0 radical (unpaired) electrons. The van der Waals surface area contributed by atoms with E-state index >= 15 is 0 Å². The fourth-order valence-corrected chi connectivity index (χ4v) is 2.60. The number of methoxy groups -OCH3 is 1. The number of esters is 1. The van der Waals surface area contributed by atoms with Gasteiger partial charge in [0.2, 0.25) is 6.79 Å². The van der Waals surface area contributed by atoms with Gasteiger partial charge in [-0.2, -0.15) is 0 Å². The average molecular weight is 368 g/mol. The molecular weight excluding hydrogens is 348 g/mol. The van der Waals surface area contributed by atoms with Crippen LogP contribution in [0.1, 0.15) is 29.3 Å². The van der Waals surface area contributed by atoms with Crippen LogP contribution in [0.3, 0.4) is 0 Å². The Labute approximate surface area is 157 Å². The molecule has 2 aromatic carbocycles. The van der Waals surface area contributed by atoms with Gasteiger partial charge >= 0.3 is 5.97 Å². The Morgan fingerprint density at radius 3 is 2.70 bits per heavy atom. The van der Waals surface area contributed by atoms with Gasteiger partial charge < -0.3 is 18.9 Å². The lowest BCUT2D eigenvalue weighted by molar-refractivity contribution is -0.135. The van der Waals surface area contributed by atoms with Gasteiger partial charge in [-0.15, -0.1) is 0 Å². The van der Waals surface area contributed by atoms with Crippen LogP contribution in [0.4, 0.5) is 0 Å². The van der Waals surface area contributed by atoms with Gasteiger partial charge in [0.25, 0.3) is 0 Å². The molecule has 0 spiro atoms. The van der Waals surface area contributed by atoms with Crippen LogP contribution in [0.5, 0.6) is 17.2 Å². The van der Waals surface area contributed by atoms with E-state index in [-0.39, 0.29) is 12.4 Å². The SMILES string of the molecule is CCCOc1cccc(C(=O)C(=Cc2ccc3c(c2)OCO3)C(=O)OC)c1. The molecule has 140 valence electrons. The normalized spacial score (nSPS) is 12.6. The fourth-order valence-electron chi connectivity index (χ4n) is 2.60. The second-order valence-corrected chi connectivity index (χ2v) is 5.87. The van der Waals surface area contributed by atoms with Crippen LogP contribution in [0, 0.1) is 0 Å². The summed E-state index contributed by atoms with van der Waals surface area (Å²) in [5, 5.41) is 0. The zero-order valence-corrected chi connectivity index (χ0v) is 15.2. The maximum Gasteiger partial charge on any atom is 0.341 e. The first-order valence-corrected chi connectivity index (χ1v) is 8.59. The standard InChI is InChI=1S/C21H20O6/c1-3-9-25-16-6-4-5-15(12-16)20(22)17(21(23)24-2)10-14-7-8-18-19(11-14)27-13-26-18/h4-8,10-12H,3,9,13H2,1-2H3. The molecule has 0 N–H and O–H groups in total. The summed E-state index contributed by atoms with van der Waals surface area (Å²) in [6.45, 7) is 2.70. The Balaban J connectivity index is 1.93. The van der Waals surface area contributed by atoms with E-state index in [1.807, 2.05) is 6.92 Å². The zero-order chi connectivity index (χ0) is 19.2. The molecule has 0 aliphatic carbocycles. The van der Waals surface area contributed by atoms with E-state index < -0.39 is 11.8 Å². The molecular formula is C21H20O6. The first kappa shape index (κ1) is 18.5. The predicted molar refractivity (Wildman–Crippen MR) is 99.1 cm³/mol. The molecule has 2 aromatic rings. The minimum absolute atomic E-state index is 0.0796. The van der Waals surface area contributed by atoms with Crippen molar-refractivity contribution in [3.8, 4) is 17.2 Å². The molecule has 6 heteroatoms. The molecule has 1 heterocycles. The lowest BCUT2D eigenvalue weighted by atomic mass is 10.0. The van der Waals surface area contributed by atoms with Crippen molar-refractivity contribution >= 4 is 17.8 Å². The van der Waals surface area contributed by atoms with E-state index in [9.17, 15) is 9.59 Å². The first-order chi connectivity index (χ1) is 13.1. The monoisotopic (exact) mass is 368 g/mol. The molecule has 0 amide bonds. The Morgan fingerprint density at radius 2 is 1.93 bits per heavy atom. The highest BCUT2D eigenvalue weighted by Gasteiger charge is 2.22. The van der Waals surface area contributed by atoms with Gasteiger partial charge in [0.15, 0.2) is 17.3 Å². The number of ether oxygens (including phenoxy) is 4. The summed E-state index contributed by atoms with van der Waals surface area (Å²) in [5.41, 5.74) is 0.899. The third kappa shape index (κ3) is 4.28. The molecule has 3 rings (SSSR count). The van der Waals surface area contributed by atoms with E-state index in [0.29, 0.717) is 35.0 Å². The van der Waals surface area contributed by atoms with Crippen molar-refractivity contribution in [2.45, 2.75) is 13.3 Å². The Kier molecular flexibility index (Phi) is 5.76. The van der Waals surface area contributed by atoms with Crippen LogP contribution < -0.4 is 14.2 Å². The smallest absolute Gasteiger partial charge is 0.341 e. The largest absolute Gasteiger partial charge is 0.494 e. The second-order valence-electron chi connectivity index (χ2n) is 5.87. The van der Waals surface area contributed by atoms with Crippen LogP contribution in [-0.2, 0) is 9.53 Å². The summed E-state index contributed by atoms with van der Waals surface area (Å²) in [5.74, 6) is 0.614. The van der Waals surface area contributed by atoms with E-state index in [0.717, 1.165) is 6.42 Å². The highest BCUT2D eigenvalue weighted by molar-refractivity contribution is 6.27. The highest BCUT2D eigenvalue weighted by atomic mass is 16.7. The summed E-state index contributed by atoms with van der Waals surface area (Å²) in [6, 6.07) is 11.9. The topological polar surface area (TPSA) is 71.1 Å². The van der Waals surface area contributed by atoms with Gasteiger partial charge in [-0.1, -0.05) is 25.1 Å². The van der Waals surface area contributed by atoms with Crippen molar-refractivity contribution in [3.63, 3.8) is 0 Å². The van der Waals surface area contributed by atoms with Crippen LogP contribution in [-0.4, -0.2) is 32.3 Å². The fraction of sp³-hybridized carbons (Fsp3) is 0.238. The number of fused-ring (bicyclic) bond motifs is 1. The lowest BCUT2D eigenvalue weighted by Crippen LogP contribution is -2.15. The number of carbonyl (C=O) groups is 2. The summed E-state index contributed by atoms with van der Waals surface area (Å²) in [6.07, 6.45) is 2.34. The zero-order valence-electron chi connectivity index (χ0n) is 15.2. The Hall–Kier alpha value is -3.28. The maximum absolute atomic E-state index is 12.9. The lowest BCUT2D eigenvalue weighted by Gasteiger charge is -2.08. The van der Waals surface area contributed by atoms with Crippen molar-refractivity contribution in [2.24, 2.45) is 0 Å². The van der Waals surface area contributed by atoms with Gasteiger partial charge in [0, 0.05) is 5.56 Å². The second kappa shape index (κ2) is 8.40. The van der Waals surface area contributed by atoms with Crippen LogP contribution in [0.25, 0.3) is 6.08 Å². The molecule has 27 heavy (non-hydrogen) atoms. The van der Waals surface area contributed by atoms with Gasteiger partial charge in [-0.3, -0.25) is 4.79 Å². The molecule has 1 aliphatic heterocycles. The highest BCUT2D eigenvalue weighted by Crippen LogP contribution is 2.33. The van der Waals surface area contributed by atoms with Gasteiger partial charge in [0.05, 0.1) is 13.7 Å². The van der Waals surface area contributed by atoms with Crippen molar-refractivity contribution in [1.29, 1.82) is 0 Å². The molecule has 0 unspecified atom stereocenters. The summed E-state index contributed by atoms with van der Waals surface area (Å²) < 4.78 is 21.0. The van der Waals surface area contributed by atoms with Gasteiger partial charge in [0.1, 0.15) is 11.3 Å². The molecule has 0 fully saturated rings. The molecule has 0 saturated carbocycles. The number of Topliss-reactive ketones (excluding diaryl/α,β-unsaturated/α-hetero) is 1. The molecule has 0 saturated heterocycles. The quantitative estimate of drug-likeness (QED) is 0.244. The van der Waals surface area contributed by atoms with Crippen LogP contribution in [0.2, 0.25) is 0 Å². The molecule has 0 aromatic heterocycles. The number of hydrogen-bond acceptors (Lipinski definition) is 6. The predicted octanol–water partition coefficient (Wildman–Crippen LogP) is 3.64. The van der Waals surface area contributed by atoms with Gasteiger partial charge in [-0.25, -0.2) is 4.79 Å². The average Bonchev–Trinajstić information content (AvgIpc) is 3.17. The third-order valence-corrected chi connectivity index (χ3v) is 3.93. The first-order valence-electron chi connectivity index (χ1n) is 8.59. The minimum atomic E-state index is -0.711. The molecule has 1 aliphatic rings. The van der Waals surface area contributed by atoms with E-state index in [1.165, 1.54) is 13.2 Å². The Bertz CT molecular complexity index is 884. The molecule has 6 nitrogen and oxygen atoms in total. The molecule has 0 bridgehead atoms. The van der Waals surface area contributed by atoms with Crippen molar-refractivity contribution < 1.29 is 28.5 Å². The summed E-state index contributed by atoms with van der Waals surface area (Å²) in [4.78, 5) is 25.2. The molecule has 0 atom stereocenters. The van der Waals surface area contributed by atoms with E-state index in [1.54, 1.807) is 42.5 Å². The number of ketones is 1. The van der Waals surface area contributed by atoms with E-state index in [4.69, 9.17) is 18.9 Å².